The Kier molecular flexibility index (Phi) is 7.20. The molecule has 0 amide bonds. The first-order valence-electron chi connectivity index (χ1n) is 8.74. The monoisotopic (exact) mass is 339 g/mol. The van der Waals surface area contributed by atoms with Crippen molar-refractivity contribution in [3.8, 4) is 11.5 Å². The number of hydrogen-bond acceptors (Lipinski definition) is 4. The molecule has 4 heteroatoms. The molecule has 0 N–H and O–H groups in total. The van der Waals surface area contributed by atoms with Crippen LogP contribution in [0, 0.1) is 5.92 Å². The predicted molar refractivity (Wildman–Crippen MR) is 100 cm³/mol. The largest absolute Gasteiger partial charge is 0.490 e. The van der Waals surface area contributed by atoms with Gasteiger partial charge in [-0.25, -0.2) is 0 Å². The Morgan fingerprint density at radius 2 is 1.68 bits per heavy atom. The van der Waals surface area contributed by atoms with Crippen LogP contribution in [0.4, 0.5) is 0 Å². The second-order valence-electron chi connectivity index (χ2n) is 5.69. The zero-order chi connectivity index (χ0) is 18.1. The number of carbonyl (C=O) groups is 1. The molecule has 0 saturated heterocycles. The molecular weight excluding hydrogens is 314 g/mol. The van der Waals surface area contributed by atoms with E-state index in [4.69, 9.17) is 9.47 Å². The number of aromatic nitrogens is 1. The van der Waals surface area contributed by atoms with Crippen LogP contribution in [-0.4, -0.2) is 17.6 Å². The average molecular weight is 339 g/mol. The van der Waals surface area contributed by atoms with E-state index in [2.05, 4.69) is 4.98 Å². The topological polar surface area (TPSA) is 48.4 Å². The van der Waals surface area contributed by atoms with Crippen molar-refractivity contribution in [2.24, 2.45) is 5.92 Å². The number of hydrogen-bond donors (Lipinski definition) is 0. The molecule has 0 aliphatic rings. The minimum Gasteiger partial charge on any atom is -0.490 e. The van der Waals surface area contributed by atoms with Gasteiger partial charge < -0.3 is 9.47 Å². The van der Waals surface area contributed by atoms with E-state index in [1.807, 2.05) is 57.2 Å². The van der Waals surface area contributed by atoms with Crippen LogP contribution < -0.4 is 9.47 Å². The fraction of sp³-hybridized carbons (Fsp3) is 0.333. The van der Waals surface area contributed by atoms with Crippen LogP contribution in [0.2, 0.25) is 0 Å². The van der Waals surface area contributed by atoms with Gasteiger partial charge in [0.25, 0.3) is 0 Å². The van der Waals surface area contributed by atoms with E-state index >= 15 is 0 Å². The maximum atomic E-state index is 12.2. The van der Waals surface area contributed by atoms with Crippen LogP contribution in [0.15, 0.2) is 42.7 Å². The molecule has 132 valence electrons. The lowest BCUT2D eigenvalue weighted by atomic mass is 10.0. The molecule has 2 rings (SSSR count). The molecule has 1 aromatic carbocycles. The molecule has 4 nitrogen and oxygen atoms in total. The molecule has 0 unspecified atom stereocenters. The summed E-state index contributed by atoms with van der Waals surface area (Å²) in [6, 6.07) is 9.46. The summed E-state index contributed by atoms with van der Waals surface area (Å²) in [7, 11) is 0. The van der Waals surface area contributed by atoms with E-state index < -0.39 is 0 Å². The smallest absolute Gasteiger partial charge is 0.314 e. The Labute approximate surface area is 149 Å². The number of nitrogens with zero attached hydrogens (tertiary/aromatic N) is 1. The molecule has 1 aromatic heterocycles. The third kappa shape index (κ3) is 5.45. The molecule has 2 aromatic rings. The van der Waals surface area contributed by atoms with Gasteiger partial charge in [0.2, 0.25) is 0 Å². The van der Waals surface area contributed by atoms with Crippen LogP contribution in [0.1, 0.15) is 44.7 Å². The van der Waals surface area contributed by atoms with E-state index in [1.54, 1.807) is 18.5 Å². The molecule has 0 aliphatic heterocycles. The zero-order valence-electron chi connectivity index (χ0n) is 15.1. The Morgan fingerprint density at radius 1 is 1.00 bits per heavy atom. The van der Waals surface area contributed by atoms with Crippen LogP contribution in [0.5, 0.6) is 11.5 Å². The van der Waals surface area contributed by atoms with Crippen LogP contribution >= 0.6 is 0 Å². The van der Waals surface area contributed by atoms with Crippen molar-refractivity contribution in [3.63, 3.8) is 0 Å². The summed E-state index contributed by atoms with van der Waals surface area (Å²) in [6.45, 7) is 6.40. The summed E-state index contributed by atoms with van der Waals surface area (Å²) in [5.74, 6) is 0.769. The number of rotatable bonds is 8. The summed E-state index contributed by atoms with van der Waals surface area (Å²) in [5.41, 5.74) is 2.04. The number of esters is 1. The van der Waals surface area contributed by atoms with Gasteiger partial charge in [0.05, 0.1) is 12.5 Å². The highest BCUT2D eigenvalue weighted by Crippen LogP contribution is 2.30. The molecule has 0 aliphatic carbocycles. The first-order valence-corrected chi connectivity index (χ1v) is 8.74. The maximum absolute atomic E-state index is 12.2. The van der Waals surface area contributed by atoms with Gasteiger partial charge in [0.15, 0.2) is 11.5 Å². The lowest BCUT2D eigenvalue weighted by Gasteiger charge is -2.15. The van der Waals surface area contributed by atoms with Crippen LogP contribution in [-0.2, 0) is 4.79 Å². The summed E-state index contributed by atoms with van der Waals surface area (Å²) >= 11 is 0. The number of ether oxygens (including phenoxy) is 2. The van der Waals surface area contributed by atoms with Gasteiger partial charge in [-0.2, -0.15) is 0 Å². The van der Waals surface area contributed by atoms with E-state index in [9.17, 15) is 4.79 Å². The third-order valence-corrected chi connectivity index (χ3v) is 3.97. The highest BCUT2D eigenvalue weighted by molar-refractivity contribution is 5.76. The summed E-state index contributed by atoms with van der Waals surface area (Å²) in [4.78, 5) is 16.2. The summed E-state index contributed by atoms with van der Waals surface area (Å²) < 4.78 is 11.2. The molecule has 0 fully saturated rings. The fourth-order valence-corrected chi connectivity index (χ4v) is 2.46. The second kappa shape index (κ2) is 9.62. The standard InChI is InChI=1S/C21H25NO3/c1-4-18(5-2)21(23)25-19-10-9-17(15-20(19)24-6-3)8-7-16-11-13-22-14-12-16/h7-15,18H,4-6H2,1-3H3/b8-7+. The van der Waals surface area contributed by atoms with Crippen molar-refractivity contribution in [1.82, 2.24) is 4.98 Å². The fourth-order valence-electron chi connectivity index (χ4n) is 2.46. The Hall–Kier alpha value is -2.62. The van der Waals surface area contributed by atoms with Crippen LogP contribution in [0.3, 0.4) is 0 Å². The number of carbonyl (C=O) groups excluding carboxylic acids is 1. The average Bonchev–Trinajstić information content (AvgIpc) is 2.64. The quantitative estimate of drug-likeness (QED) is 0.502. The Bertz CT molecular complexity index is 706. The van der Waals surface area contributed by atoms with E-state index in [-0.39, 0.29) is 11.9 Å². The van der Waals surface area contributed by atoms with Crippen molar-refractivity contribution in [2.45, 2.75) is 33.6 Å². The van der Waals surface area contributed by atoms with E-state index in [0.717, 1.165) is 24.0 Å². The van der Waals surface area contributed by atoms with Gasteiger partial charge in [-0.15, -0.1) is 0 Å². The maximum Gasteiger partial charge on any atom is 0.314 e. The van der Waals surface area contributed by atoms with Crippen molar-refractivity contribution >= 4 is 18.1 Å². The number of pyridine rings is 1. The Balaban J connectivity index is 2.19. The zero-order valence-corrected chi connectivity index (χ0v) is 15.1. The second-order valence-corrected chi connectivity index (χ2v) is 5.69. The lowest BCUT2D eigenvalue weighted by Crippen LogP contribution is -2.19. The summed E-state index contributed by atoms with van der Waals surface area (Å²) in [5, 5.41) is 0. The highest BCUT2D eigenvalue weighted by atomic mass is 16.6. The molecule has 0 spiro atoms. The van der Waals surface area contributed by atoms with E-state index in [0.29, 0.717) is 18.1 Å². The predicted octanol–water partition coefficient (Wildman–Crippen LogP) is 4.99. The molecule has 0 atom stereocenters. The molecule has 0 bridgehead atoms. The Morgan fingerprint density at radius 3 is 2.32 bits per heavy atom. The van der Waals surface area contributed by atoms with Crippen molar-refractivity contribution in [3.05, 3.63) is 53.9 Å². The van der Waals surface area contributed by atoms with Crippen molar-refractivity contribution in [1.29, 1.82) is 0 Å². The normalized spacial score (nSPS) is 11.0. The SMILES string of the molecule is CCOc1cc(/C=C/c2ccncc2)ccc1OC(=O)C(CC)CC. The van der Waals surface area contributed by atoms with Gasteiger partial charge in [-0.1, -0.05) is 32.1 Å². The van der Waals surface area contributed by atoms with Gasteiger partial charge in [-0.3, -0.25) is 9.78 Å². The van der Waals surface area contributed by atoms with Gasteiger partial charge in [0.1, 0.15) is 0 Å². The molecule has 1 heterocycles. The number of benzene rings is 1. The lowest BCUT2D eigenvalue weighted by molar-refractivity contribution is -0.139. The van der Waals surface area contributed by atoms with Gasteiger partial charge in [0, 0.05) is 12.4 Å². The minimum absolute atomic E-state index is 0.0826. The van der Waals surface area contributed by atoms with Crippen LogP contribution in [0.25, 0.3) is 12.2 Å². The molecule has 0 radical (unpaired) electrons. The first kappa shape index (κ1) is 18.7. The minimum atomic E-state index is -0.203. The third-order valence-electron chi connectivity index (χ3n) is 3.97. The van der Waals surface area contributed by atoms with Crippen molar-refractivity contribution in [2.75, 3.05) is 6.61 Å². The molecule has 0 saturated carbocycles. The first-order chi connectivity index (χ1) is 12.2. The highest BCUT2D eigenvalue weighted by Gasteiger charge is 2.18. The molecular formula is C21H25NO3. The van der Waals surface area contributed by atoms with Gasteiger partial charge in [-0.05, 0) is 55.2 Å². The summed E-state index contributed by atoms with van der Waals surface area (Å²) in [6.07, 6.45) is 9.04. The van der Waals surface area contributed by atoms with Gasteiger partial charge >= 0.3 is 5.97 Å². The van der Waals surface area contributed by atoms with Crippen molar-refractivity contribution < 1.29 is 14.3 Å². The van der Waals surface area contributed by atoms with E-state index in [1.165, 1.54) is 0 Å². The molecule has 25 heavy (non-hydrogen) atoms.